The van der Waals surface area contributed by atoms with Crippen LogP contribution in [0.2, 0.25) is 0 Å². The zero-order valence-electron chi connectivity index (χ0n) is 19.5. The van der Waals surface area contributed by atoms with Crippen LogP contribution in [0.5, 0.6) is 11.5 Å². The fraction of sp³-hybridized carbons (Fsp3) is 0.417. The van der Waals surface area contributed by atoms with Crippen LogP contribution in [0.3, 0.4) is 0 Å². The molecular weight excluding hydrogens is 517 g/mol. The minimum Gasteiger partial charge on any atom is -0.490 e. The molecule has 1 atom stereocenters. The van der Waals surface area contributed by atoms with Crippen molar-refractivity contribution < 1.29 is 9.47 Å². The Hall–Kier alpha value is -2.49. The monoisotopic (exact) mass is 551 g/mol. The maximum atomic E-state index is 5.76. The fourth-order valence-electron chi connectivity index (χ4n) is 3.58. The summed E-state index contributed by atoms with van der Waals surface area (Å²) < 4.78 is 13.6. The molecule has 0 fully saturated rings. The molecule has 1 aromatic heterocycles. The second kappa shape index (κ2) is 12.5. The molecule has 8 heteroatoms. The molecule has 0 bridgehead atoms. The van der Waals surface area contributed by atoms with Crippen LogP contribution in [0.1, 0.15) is 38.2 Å². The number of aryl methyl sites for hydroxylation is 1. The van der Waals surface area contributed by atoms with Gasteiger partial charge in [-0.1, -0.05) is 18.2 Å². The molecule has 1 heterocycles. The number of rotatable bonds is 9. The maximum absolute atomic E-state index is 5.76. The summed E-state index contributed by atoms with van der Waals surface area (Å²) in [7, 11) is 1.78. The lowest BCUT2D eigenvalue weighted by atomic mass is 10.1. The molecule has 1 unspecified atom stereocenters. The summed E-state index contributed by atoms with van der Waals surface area (Å²) >= 11 is 0. The van der Waals surface area contributed by atoms with Crippen LogP contribution in [0, 0.1) is 6.92 Å². The van der Waals surface area contributed by atoms with Gasteiger partial charge in [0.25, 0.3) is 0 Å². The predicted octanol–water partition coefficient (Wildman–Crippen LogP) is 4.69. The van der Waals surface area contributed by atoms with Crippen molar-refractivity contribution in [3.63, 3.8) is 0 Å². The van der Waals surface area contributed by atoms with Gasteiger partial charge in [0.2, 0.25) is 0 Å². The number of nitrogens with one attached hydrogen (secondary N) is 2. The summed E-state index contributed by atoms with van der Waals surface area (Å²) in [4.78, 5) is 9.01. The van der Waals surface area contributed by atoms with Crippen molar-refractivity contribution in [3.8, 4) is 11.5 Å². The molecule has 7 nitrogen and oxygen atoms in total. The molecule has 0 aliphatic carbocycles. The molecular formula is C24H34IN5O2. The van der Waals surface area contributed by atoms with E-state index in [1.165, 1.54) is 0 Å². The Labute approximate surface area is 207 Å². The van der Waals surface area contributed by atoms with Gasteiger partial charge in [-0.25, -0.2) is 4.98 Å². The van der Waals surface area contributed by atoms with Crippen molar-refractivity contribution in [2.45, 2.75) is 40.3 Å². The van der Waals surface area contributed by atoms with E-state index in [1.54, 1.807) is 7.05 Å². The number of ether oxygens (including phenoxy) is 2. The summed E-state index contributed by atoms with van der Waals surface area (Å²) in [6.07, 6.45) is 0. The first-order valence-electron chi connectivity index (χ1n) is 10.9. The molecule has 0 radical (unpaired) electrons. The normalized spacial score (nSPS) is 12.2. The lowest BCUT2D eigenvalue weighted by Crippen LogP contribution is -2.40. The Morgan fingerprint density at radius 1 is 1.09 bits per heavy atom. The first-order valence-corrected chi connectivity index (χ1v) is 10.9. The van der Waals surface area contributed by atoms with Crippen molar-refractivity contribution in [1.82, 2.24) is 20.2 Å². The Balaban J connectivity index is 0.00000363. The van der Waals surface area contributed by atoms with Crippen LogP contribution in [0.25, 0.3) is 11.0 Å². The average Bonchev–Trinajstić information content (AvgIpc) is 3.09. The molecule has 2 aromatic carbocycles. The number of halogens is 1. The maximum Gasteiger partial charge on any atom is 0.191 e. The zero-order chi connectivity index (χ0) is 22.2. The van der Waals surface area contributed by atoms with Crippen LogP contribution in [0.15, 0.2) is 47.5 Å². The van der Waals surface area contributed by atoms with E-state index < -0.39 is 0 Å². The van der Waals surface area contributed by atoms with Gasteiger partial charge in [-0.2, -0.15) is 0 Å². The number of guanidine groups is 1. The highest BCUT2D eigenvalue weighted by Crippen LogP contribution is 2.30. The summed E-state index contributed by atoms with van der Waals surface area (Å²) in [5.74, 6) is 3.30. The molecule has 174 valence electrons. The van der Waals surface area contributed by atoms with E-state index in [4.69, 9.17) is 9.47 Å². The third-order valence-corrected chi connectivity index (χ3v) is 5.12. The van der Waals surface area contributed by atoms with E-state index in [9.17, 15) is 0 Å². The van der Waals surface area contributed by atoms with E-state index >= 15 is 0 Å². The van der Waals surface area contributed by atoms with Gasteiger partial charge < -0.3 is 24.7 Å². The van der Waals surface area contributed by atoms with Gasteiger partial charge in [0.15, 0.2) is 17.5 Å². The lowest BCUT2D eigenvalue weighted by Gasteiger charge is -2.20. The second-order valence-corrected chi connectivity index (χ2v) is 7.24. The molecule has 0 saturated heterocycles. The van der Waals surface area contributed by atoms with Crippen molar-refractivity contribution in [2.24, 2.45) is 4.99 Å². The van der Waals surface area contributed by atoms with E-state index in [0.29, 0.717) is 13.2 Å². The highest BCUT2D eigenvalue weighted by molar-refractivity contribution is 14.0. The molecule has 0 aliphatic rings. The number of aliphatic imine (C=N–C) groups is 1. The van der Waals surface area contributed by atoms with Crippen LogP contribution >= 0.6 is 24.0 Å². The zero-order valence-corrected chi connectivity index (χ0v) is 21.8. The van der Waals surface area contributed by atoms with Gasteiger partial charge in [-0.15, -0.1) is 24.0 Å². The number of imidazole rings is 1. The third-order valence-electron chi connectivity index (χ3n) is 5.12. The number of benzene rings is 2. The summed E-state index contributed by atoms with van der Waals surface area (Å²) in [5.41, 5.74) is 3.28. The largest absolute Gasteiger partial charge is 0.490 e. The Morgan fingerprint density at radius 3 is 2.53 bits per heavy atom. The molecule has 32 heavy (non-hydrogen) atoms. The standard InChI is InChI=1S/C24H33N5O2.HI/c1-6-30-22-13-12-19(16-23(22)31-7-2)17(3)27-24(25-5)26-14-15-29-18(4)28-20-10-8-9-11-21(20)29;/h8-13,16-17H,6-7,14-15H2,1-5H3,(H2,25,26,27);1H. The molecule has 0 amide bonds. The first kappa shape index (κ1) is 25.8. The minimum atomic E-state index is 0. The Morgan fingerprint density at radius 2 is 1.81 bits per heavy atom. The number of fused-ring (bicyclic) bond motifs is 1. The molecule has 2 N–H and O–H groups in total. The summed E-state index contributed by atoms with van der Waals surface area (Å²) in [6, 6.07) is 14.3. The summed E-state index contributed by atoms with van der Waals surface area (Å²) in [5, 5.41) is 6.86. The molecule has 3 rings (SSSR count). The minimum absolute atomic E-state index is 0. The quantitative estimate of drug-likeness (QED) is 0.230. The molecule has 0 saturated carbocycles. The lowest BCUT2D eigenvalue weighted by molar-refractivity contribution is 0.287. The Kier molecular flexibility index (Phi) is 10.1. The molecule has 0 spiro atoms. The van der Waals surface area contributed by atoms with E-state index in [-0.39, 0.29) is 30.0 Å². The van der Waals surface area contributed by atoms with E-state index in [2.05, 4.69) is 44.2 Å². The van der Waals surface area contributed by atoms with E-state index in [1.807, 2.05) is 51.1 Å². The fourth-order valence-corrected chi connectivity index (χ4v) is 3.58. The highest BCUT2D eigenvalue weighted by Gasteiger charge is 2.13. The number of nitrogens with zero attached hydrogens (tertiary/aromatic N) is 3. The van der Waals surface area contributed by atoms with Crippen LogP contribution in [0.4, 0.5) is 0 Å². The topological polar surface area (TPSA) is 72.7 Å². The second-order valence-electron chi connectivity index (χ2n) is 7.24. The van der Waals surface area contributed by atoms with Crippen molar-refractivity contribution in [2.75, 3.05) is 26.8 Å². The van der Waals surface area contributed by atoms with Gasteiger partial charge in [0, 0.05) is 20.1 Å². The number of hydrogen-bond acceptors (Lipinski definition) is 4. The van der Waals surface area contributed by atoms with Crippen molar-refractivity contribution in [1.29, 1.82) is 0 Å². The SMILES string of the molecule is CCOc1ccc(C(C)NC(=NC)NCCn2c(C)nc3ccccc32)cc1OCC.I. The first-order chi connectivity index (χ1) is 15.1. The number of aromatic nitrogens is 2. The van der Waals surface area contributed by atoms with Gasteiger partial charge >= 0.3 is 0 Å². The number of para-hydroxylation sites is 2. The van der Waals surface area contributed by atoms with Crippen LogP contribution < -0.4 is 20.1 Å². The predicted molar refractivity (Wildman–Crippen MR) is 142 cm³/mol. The third kappa shape index (κ3) is 6.27. The number of hydrogen-bond donors (Lipinski definition) is 2. The van der Waals surface area contributed by atoms with Crippen molar-refractivity contribution in [3.05, 3.63) is 53.9 Å². The van der Waals surface area contributed by atoms with Crippen molar-refractivity contribution >= 4 is 41.0 Å². The molecule has 0 aliphatic heterocycles. The smallest absolute Gasteiger partial charge is 0.191 e. The highest BCUT2D eigenvalue weighted by atomic mass is 127. The van der Waals surface area contributed by atoms with Gasteiger partial charge in [-0.3, -0.25) is 4.99 Å². The molecule has 3 aromatic rings. The van der Waals surface area contributed by atoms with Gasteiger partial charge in [0.1, 0.15) is 5.82 Å². The summed E-state index contributed by atoms with van der Waals surface area (Å²) in [6.45, 7) is 10.8. The van der Waals surface area contributed by atoms with Gasteiger partial charge in [-0.05, 0) is 57.5 Å². The average molecular weight is 551 g/mol. The Bertz CT molecular complexity index is 1030. The van der Waals surface area contributed by atoms with Crippen LogP contribution in [-0.4, -0.2) is 42.3 Å². The van der Waals surface area contributed by atoms with Crippen LogP contribution in [-0.2, 0) is 6.54 Å². The van der Waals surface area contributed by atoms with E-state index in [0.717, 1.165) is 53.0 Å². The van der Waals surface area contributed by atoms with Gasteiger partial charge in [0.05, 0.1) is 30.3 Å².